The van der Waals surface area contributed by atoms with Crippen molar-refractivity contribution in [3.63, 3.8) is 0 Å². The van der Waals surface area contributed by atoms with Crippen LogP contribution >= 0.6 is 11.3 Å². The number of nitrogens with one attached hydrogen (secondary N) is 1. The van der Waals surface area contributed by atoms with Crippen LogP contribution in [-0.2, 0) is 9.59 Å². The van der Waals surface area contributed by atoms with E-state index in [1.165, 1.54) is 11.3 Å². The summed E-state index contributed by atoms with van der Waals surface area (Å²) in [5.74, 6) is -2.42. The molecule has 2 aliphatic rings. The van der Waals surface area contributed by atoms with Gasteiger partial charge in [0.05, 0.1) is 27.6 Å². The van der Waals surface area contributed by atoms with Crippen LogP contribution in [0.25, 0.3) is 32.2 Å². The molecule has 2 aromatic carbocycles. The average molecular weight is 442 g/mol. The van der Waals surface area contributed by atoms with E-state index < -0.39 is 17.8 Å². The molecule has 2 heterocycles. The Balaban J connectivity index is 1.28. The van der Waals surface area contributed by atoms with Crippen LogP contribution in [0.1, 0.15) is 6.42 Å². The van der Waals surface area contributed by atoms with Crippen molar-refractivity contribution in [1.29, 1.82) is 0 Å². The molecule has 2 bridgehead atoms. The number of carboxylic acid groups (broad SMARTS) is 1. The Labute approximate surface area is 187 Å². The lowest BCUT2D eigenvalue weighted by atomic mass is 9.82. The number of pyridine rings is 1. The third-order valence-electron chi connectivity index (χ3n) is 6.60. The molecule has 2 N–H and O–H groups in total. The Morgan fingerprint density at radius 3 is 2.53 bits per heavy atom. The van der Waals surface area contributed by atoms with Crippen LogP contribution in [0.5, 0.6) is 0 Å². The standard InChI is InChI=1S/C25H19N3O3S/c29-23(21-16-3-4-17(11-16)22(21)24(30)31)28-25-27-19-8-6-14(12-20(19)32-25)13-5-7-18-15(10-13)2-1-9-26-18/h1-10,12,16-17,21-22H,11H2,(H,30,31)(H,27,28,29). The van der Waals surface area contributed by atoms with Crippen molar-refractivity contribution in [2.24, 2.45) is 23.7 Å². The second kappa shape index (κ2) is 7.24. The molecule has 0 aliphatic heterocycles. The van der Waals surface area contributed by atoms with Crippen molar-refractivity contribution < 1.29 is 14.7 Å². The van der Waals surface area contributed by atoms with Gasteiger partial charge in [-0.15, -0.1) is 0 Å². The van der Waals surface area contributed by atoms with E-state index in [9.17, 15) is 14.7 Å². The number of nitrogens with zero attached hydrogens (tertiary/aromatic N) is 2. The zero-order valence-corrected chi connectivity index (χ0v) is 17.8. The number of thiazole rings is 1. The largest absolute Gasteiger partial charge is 0.481 e. The molecule has 6 nitrogen and oxygen atoms in total. The van der Waals surface area contributed by atoms with E-state index in [1.54, 1.807) is 6.20 Å². The molecular weight excluding hydrogens is 422 g/mol. The van der Waals surface area contributed by atoms with Gasteiger partial charge >= 0.3 is 5.97 Å². The van der Waals surface area contributed by atoms with Crippen molar-refractivity contribution in [1.82, 2.24) is 9.97 Å². The van der Waals surface area contributed by atoms with Gasteiger partial charge in [-0.05, 0) is 59.7 Å². The molecule has 4 aromatic rings. The number of anilines is 1. The van der Waals surface area contributed by atoms with E-state index in [4.69, 9.17) is 0 Å². The van der Waals surface area contributed by atoms with Gasteiger partial charge in [-0.2, -0.15) is 0 Å². The third-order valence-corrected chi connectivity index (χ3v) is 7.54. The Kier molecular flexibility index (Phi) is 4.33. The van der Waals surface area contributed by atoms with Gasteiger partial charge in [0.1, 0.15) is 0 Å². The van der Waals surface area contributed by atoms with Crippen LogP contribution in [-0.4, -0.2) is 27.0 Å². The summed E-state index contributed by atoms with van der Waals surface area (Å²) < 4.78 is 0.965. The molecule has 0 spiro atoms. The maximum Gasteiger partial charge on any atom is 0.307 e. The minimum atomic E-state index is -0.901. The minimum absolute atomic E-state index is 0.00975. The molecule has 6 rings (SSSR count). The zero-order chi connectivity index (χ0) is 21.8. The van der Waals surface area contributed by atoms with Gasteiger partial charge in [0, 0.05) is 11.6 Å². The molecule has 0 radical (unpaired) electrons. The first-order valence-corrected chi connectivity index (χ1v) is 11.4. The number of rotatable bonds is 4. The Hall–Kier alpha value is -3.58. The summed E-state index contributed by atoms with van der Waals surface area (Å²) in [5.41, 5.74) is 3.91. The van der Waals surface area contributed by atoms with E-state index in [-0.39, 0.29) is 17.7 Å². The van der Waals surface area contributed by atoms with Crippen molar-refractivity contribution in [3.05, 3.63) is 66.9 Å². The first kappa shape index (κ1) is 19.1. The summed E-state index contributed by atoms with van der Waals surface area (Å²) in [5, 5.41) is 14.1. The zero-order valence-electron chi connectivity index (χ0n) is 16.9. The number of carboxylic acids is 1. The van der Waals surface area contributed by atoms with Crippen LogP contribution < -0.4 is 5.32 Å². The molecule has 2 aliphatic carbocycles. The first-order valence-electron chi connectivity index (χ1n) is 10.5. The lowest BCUT2D eigenvalue weighted by Crippen LogP contribution is -2.36. The summed E-state index contributed by atoms with van der Waals surface area (Å²) in [7, 11) is 0. The highest BCUT2D eigenvalue weighted by atomic mass is 32.1. The van der Waals surface area contributed by atoms with Crippen LogP contribution in [0.3, 0.4) is 0 Å². The summed E-state index contributed by atoms with van der Waals surface area (Å²) in [6.07, 6.45) is 6.44. The SMILES string of the molecule is O=C(O)C1C2C=CC(C2)C1C(=O)Nc1nc2ccc(-c3ccc4ncccc4c3)cc2s1. The number of carbonyl (C=O) groups excluding carboxylic acids is 1. The quantitative estimate of drug-likeness (QED) is 0.436. The lowest BCUT2D eigenvalue weighted by molar-refractivity contribution is -0.146. The van der Waals surface area contributed by atoms with E-state index in [0.29, 0.717) is 5.13 Å². The van der Waals surface area contributed by atoms with Gasteiger partial charge in [-0.1, -0.05) is 41.7 Å². The molecule has 4 atom stereocenters. The number of fused-ring (bicyclic) bond motifs is 4. The van der Waals surface area contributed by atoms with Crippen molar-refractivity contribution in [2.45, 2.75) is 6.42 Å². The van der Waals surface area contributed by atoms with Gasteiger partial charge in [0.15, 0.2) is 5.13 Å². The Morgan fingerprint density at radius 2 is 1.72 bits per heavy atom. The van der Waals surface area contributed by atoms with Crippen LogP contribution in [0.15, 0.2) is 66.9 Å². The predicted molar refractivity (Wildman–Crippen MR) is 124 cm³/mol. The summed E-state index contributed by atoms with van der Waals surface area (Å²) in [6.45, 7) is 0. The van der Waals surface area contributed by atoms with Gasteiger partial charge in [0.2, 0.25) is 5.91 Å². The maximum absolute atomic E-state index is 13.0. The molecule has 7 heteroatoms. The van der Waals surface area contributed by atoms with Crippen LogP contribution in [0.4, 0.5) is 5.13 Å². The highest BCUT2D eigenvalue weighted by Crippen LogP contribution is 2.48. The Morgan fingerprint density at radius 1 is 0.969 bits per heavy atom. The fourth-order valence-corrected chi connectivity index (χ4v) is 6.03. The normalized spacial score (nSPS) is 23.8. The second-order valence-electron chi connectivity index (χ2n) is 8.44. The van der Waals surface area contributed by atoms with Gasteiger partial charge in [0.25, 0.3) is 0 Å². The molecule has 1 amide bonds. The van der Waals surface area contributed by atoms with E-state index >= 15 is 0 Å². The smallest absolute Gasteiger partial charge is 0.307 e. The molecule has 0 saturated heterocycles. The molecule has 4 unspecified atom stereocenters. The molecule has 2 aromatic heterocycles. The molecule has 1 saturated carbocycles. The fourth-order valence-electron chi connectivity index (χ4n) is 5.12. The number of hydrogen-bond donors (Lipinski definition) is 2. The third kappa shape index (κ3) is 3.08. The first-order chi connectivity index (χ1) is 15.6. The Bertz CT molecular complexity index is 1430. The van der Waals surface area contributed by atoms with Crippen molar-refractivity contribution >= 4 is 49.5 Å². The topological polar surface area (TPSA) is 92.2 Å². The van der Waals surface area contributed by atoms with Gasteiger partial charge in [-0.3, -0.25) is 14.6 Å². The number of allylic oxidation sites excluding steroid dienone is 2. The van der Waals surface area contributed by atoms with Crippen molar-refractivity contribution in [2.75, 3.05) is 5.32 Å². The highest BCUT2D eigenvalue weighted by Gasteiger charge is 2.51. The molecule has 32 heavy (non-hydrogen) atoms. The summed E-state index contributed by atoms with van der Waals surface area (Å²) >= 11 is 1.41. The predicted octanol–water partition coefficient (Wildman–Crippen LogP) is 4.97. The number of aliphatic carboxylic acids is 1. The van der Waals surface area contributed by atoms with E-state index in [2.05, 4.69) is 33.5 Å². The minimum Gasteiger partial charge on any atom is -0.481 e. The fraction of sp³-hybridized carbons (Fsp3) is 0.200. The van der Waals surface area contributed by atoms with Gasteiger partial charge < -0.3 is 10.4 Å². The number of aromatic nitrogens is 2. The molecule has 1 fully saturated rings. The summed E-state index contributed by atoms with van der Waals surface area (Å²) in [4.78, 5) is 33.6. The number of carbonyl (C=O) groups is 2. The summed E-state index contributed by atoms with van der Waals surface area (Å²) in [6, 6.07) is 16.2. The van der Waals surface area contributed by atoms with Crippen LogP contribution in [0.2, 0.25) is 0 Å². The molecular formula is C25H19N3O3S. The van der Waals surface area contributed by atoms with Crippen molar-refractivity contribution in [3.8, 4) is 11.1 Å². The monoisotopic (exact) mass is 441 g/mol. The number of benzene rings is 2. The van der Waals surface area contributed by atoms with E-state index in [0.717, 1.165) is 38.7 Å². The van der Waals surface area contributed by atoms with Crippen LogP contribution in [0, 0.1) is 23.7 Å². The highest BCUT2D eigenvalue weighted by molar-refractivity contribution is 7.22. The average Bonchev–Trinajstić information content (AvgIpc) is 3.52. The van der Waals surface area contributed by atoms with Gasteiger partial charge in [-0.25, -0.2) is 4.98 Å². The maximum atomic E-state index is 13.0. The lowest BCUT2D eigenvalue weighted by Gasteiger charge is -2.23. The molecule has 158 valence electrons. The number of hydrogen-bond acceptors (Lipinski definition) is 5. The number of amides is 1. The second-order valence-corrected chi connectivity index (χ2v) is 9.47. The van der Waals surface area contributed by atoms with E-state index in [1.807, 2.05) is 42.5 Å².